The topological polar surface area (TPSA) is 3.24 Å². The summed E-state index contributed by atoms with van der Waals surface area (Å²) in [5, 5.41) is 0.0782. The molecule has 1 unspecified atom stereocenters. The molecule has 0 fully saturated rings. The lowest BCUT2D eigenvalue weighted by molar-refractivity contribution is 0.614. The average Bonchev–Trinajstić information content (AvgIpc) is 2.53. The first-order valence-corrected chi connectivity index (χ1v) is 8.75. The van der Waals surface area contributed by atoms with E-state index in [2.05, 4.69) is 17.9 Å². The number of hydrogen-bond acceptors (Lipinski definition) is 2. The number of rotatable bonds is 4. The lowest BCUT2D eigenvalue weighted by Gasteiger charge is -2.37. The molecule has 120 valence electrons. The predicted molar refractivity (Wildman–Crippen MR) is 94.6 cm³/mol. The van der Waals surface area contributed by atoms with Crippen molar-refractivity contribution in [1.82, 2.24) is 0 Å². The van der Waals surface area contributed by atoms with Crippen molar-refractivity contribution in [2.45, 2.75) is 25.8 Å². The average molecular weight is 331 g/mol. The summed E-state index contributed by atoms with van der Waals surface area (Å²) in [7, 11) is 0. The van der Waals surface area contributed by atoms with E-state index in [1.807, 2.05) is 13.0 Å². The lowest BCUT2D eigenvalue weighted by Crippen LogP contribution is -2.35. The van der Waals surface area contributed by atoms with E-state index in [1.54, 1.807) is 30.0 Å². The fourth-order valence-corrected chi connectivity index (χ4v) is 3.91. The van der Waals surface area contributed by atoms with Gasteiger partial charge in [0.25, 0.3) is 0 Å². The Morgan fingerprint density at radius 2 is 1.83 bits per heavy atom. The normalized spacial score (nSPS) is 17.0. The maximum absolute atomic E-state index is 14.5. The van der Waals surface area contributed by atoms with E-state index in [0.29, 0.717) is 12.2 Å². The number of thioether (sulfide) groups is 1. The van der Waals surface area contributed by atoms with Crippen LogP contribution in [0.1, 0.15) is 25.0 Å². The number of allylic oxidation sites excluding steroid dienone is 1. The van der Waals surface area contributed by atoms with Crippen LogP contribution >= 0.6 is 11.8 Å². The van der Waals surface area contributed by atoms with Gasteiger partial charge in [0.05, 0.1) is 11.1 Å². The number of para-hydroxylation sites is 1. The molecule has 0 spiro atoms. The summed E-state index contributed by atoms with van der Waals surface area (Å²) in [5.41, 5.74) is 3.64. The maximum Gasteiger partial charge on any atom is 0.147 e. The largest absolute Gasteiger partial charge is 0.349 e. The van der Waals surface area contributed by atoms with Gasteiger partial charge in [-0.1, -0.05) is 31.2 Å². The fraction of sp³-hybridized carbons (Fsp3) is 0.263. The van der Waals surface area contributed by atoms with E-state index in [9.17, 15) is 8.78 Å². The Hall–Kier alpha value is -1.81. The third-order valence-corrected chi connectivity index (χ3v) is 5.07. The summed E-state index contributed by atoms with van der Waals surface area (Å²) in [4.78, 5) is 2.07. The third kappa shape index (κ3) is 3.27. The molecule has 0 bridgehead atoms. The lowest BCUT2D eigenvalue weighted by atomic mass is 9.99. The minimum atomic E-state index is -0.255. The third-order valence-electron chi connectivity index (χ3n) is 4.00. The first-order chi connectivity index (χ1) is 11.1. The van der Waals surface area contributed by atoms with Crippen LogP contribution in [0.2, 0.25) is 0 Å². The molecular weight excluding hydrogens is 312 g/mol. The quantitative estimate of drug-likeness (QED) is 0.731. The highest BCUT2D eigenvalue weighted by atomic mass is 32.2. The molecule has 2 aromatic carbocycles. The van der Waals surface area contributed by atoms with Gasteiger partial charge in [-0.2, -0.15) is 0 Å². The van der Waals surface area contributed by atoms with Gasteiger partial charge in [0.1, 0.15) is 11.6 Å². The van der Waals surface area contributed by atoms with Crippen LogP contribution in [0.3, 0.4) is 0 Å². The first kappa shape index (κ1) is 16.1. The van der Waals surface area contributed by atoms with Crippen molar-refractivity contribution in [2.24, 2.45) is 0 Å². The molecule has 0 aromatic heterocycles. The van der Waals surface area contributed by atoms with E-state index < -0.39 is 0 Å². The van der Waals surface area contributed by atoms with Gasteiger partial charge in [-0.25, -0.2) is 8.78 Å². The van der Waals surface area contributed by atoms with Gasteiger partial charge in [-0.3, -0.25) is 0 Å². The molecule has 1 aliphatic rings. The van der Waals surface area contributed by atoms with Gasteiger partial charge in [0, 0.05) is 12.1 Å². The zero-order chi connectivity index (χ0) is 16.4. The summed E-state index contributed by atoms with van der Waals surface area (Å²) < 4.78 is 27.7. The highest BCUT2D eigenvalue weighted by molar-refractivity contribution is 8.00. The number of hydrogen-bond donors (Lipinski definition) is 0. The molecule has 1 atom stereocenters. The van der Waals surface area contributed by atoms with Crippen LogP contribution in [0.4, 0.5) is 14.5 Å². The summed E-state index contributed by atoms with van der Waals surface area (Å²) in [6, 6.07) is 11.6. The smallest absolute Gasteiger partial charge is 0.147 e. The van der Waals surface area contributed by atoms with Crippen molar-refractivity contribution in [3.63, 3.8) is 0 Å². The maximum atomic E-state index is 14.5. The number of anilines is 1. The Balaban J connectivity index is 2.02. The molecule has 3 rings (SSSR count). The monoisotopic (exact) mass is 331 g/mol. The van der Waals surface area contributed by atoms with Crippen molar-refractivity contribution >= 4 is 23.0 Å². The fourth-order valence-electron chi connectivity index (χ4n) is 2.91. The molecule has 2 aromatic rings. The molecule has 0 aliphatic carbocycles. The molecule has 1 nitrogen and oxygen atoms in total. The predicted octanol–water partition coefficient (Wildman–Crippen LogP) is 5.47. The zero-order valence-electron chi connectivity index (χ0n) is 13.2. The summed E-state index contributed by atoms with van der Waals surface area (Å²) >= 11 is 1.77. The van der Waals surface area contributed by atoms with E-state index in [1.165, 1.54) is 18.2 Å². The van der Waals surface area contributed by atoms with Crippen LogP contribution in [0.25, 0.3) is 5.57 Å². The molecule has 0 saturated carbocycles. The van der Waals surface area contributed by atoms with Gasteiger partial charge in [-0.05, 0) is 48.1 Å². The second kappa shape index (κ2) is 6.75. The SMILES string of the molecule is CCSC1C=C(C)c2cccc(F)c2N1Cc1ccc(F)cc1. The molecular formula is C19H19F2NS. The Bertz CT molecular complexity index is 725. The van der Waals surface area contributed by atoms with Gasteiger partial charge in [0.15, 0.2) is 0 Å². The molecule has 4 heteroatoms. The number of fused-ring (bicyclic) bond motifs is 1. The van der Waals surface area contributed by atoms with Crippen molar-refractivity contribution in [3.05, 3.63) is 71.3 Å². The molecule has 0 N–H and O–H groups in total. The van der Waals surface area contributed by atoms with Gasteiger partial charge in [-0.15, -0.1) is 11.8 Å². The Kier molecular flexibility index (Phi) is 4.71. The molecule has 0 saturated heterocycles. The Labute approximate surface area is 140 Å². The standard InChI is InChI=1S/C19H19F2NS/c1-3-23-18-11-13(2)16-5-4-6-17(21)19(16)22(18)12-14-7-9-15(20)10-8-14/h4-11,18H,3,12H2,1-2H3. The molecule has 0 radical (unpaired) electrons. The first-order valence-electron chi connectivity index (χ1n) is 7.70. The van der Waals surface area contributed by atoms with E-state index >= 15 is 0 Å². The van der Waals surface area contributed by atoms with Gasteiger partial charge < -0.3 is 4.90 Å². The second-order valence-corrected chi connectivity index (χ2v) is 6.98. The zero-order valence-corrected chi connectivity index (χ0v) is 14.0. The van der Waals surface area contributed by atoms with Crippen LogP contribution in [0.15, 0.2) is 48.5 Å². The molecule has 1 heterocycles. The Morgan fingerprint density at radius 3 is 2.52 bits per heavy atom. The van der Waals surface area contributed by atoms with E-state index in [-0.39, 0.29) is 17.0 Å². The van der Waals surface area contributed by atoms with E-state index in [4.69, 9.17) is 0 Å². The Morgan fingerprint density at radius 1 is 1.09 bits per heavy atom. The summed E-state index contributed by atoms with van der Waals surface area (Å²) in [5.74, 6) is 0.478. The van der Waals surface area contributed by atoms with Crippen LogP contribution in [0.5, 0.6) is 0 Å². The van der Waals surface area contributed by atoms with E-state index in [0.717, 1.165) is 22.5 Å². The van der Waals surface area contributed by atoms with Gasteiger partial charge >= 0.3 is 0 Å². The highest BCUT2D eigenvalue weighted by Gasteiger charge is 2.27. The van der Waals surface area contributed by atoms with Crippen molar-refractivity contribution in [2.75, 3.05) is 10.7 Å². The summed E-state index contributed by atoms with van der Waals surface area (Å²) in [6.45, 7) is 4.67. The van der Waals surface area contributed by atoms with Crippen LogP contribution in [0, 0.1) is 11.6 Å². The van der Waals surface area contributed by atoms with Crippen molar-refractivity contribution < 1.29 is 8.78 Å². The summed E-state index contributed by atoms with van der Waals surface area (Å²) in [6.07, 6.45) is 2.18. The van der Waals surface area contributed by atoms with Crippen molar-refractivity contribution in [1.29, 1.82) is 0 Å². The molecule has 1 aliphatic heterocycles. The van der Waals surface area contributed by atoms with Crippen LogP contribution in [-0.2, 0) is 6.54 Å². The van der Waals surface area contributed by atoms with Crippen molar-refractivity contribution in [3.8, 4) is 0 Å². The highest BCUT2D eigenvalue weighted by Crippen LogP contribution is 2.40. The van der Waals surface area contributed by atoms with Gasteiger partial charge in [0.2, 0.25) is 0 Å². The van der Waals surface area contributed by atoms with Crippen LogP contribution in [-0.4, -0.2) is 11.1 Å². The molecule has 23 heavy (non-hydrogen) atoms. The van der Waals surface area contributed by atoms with Crippen LogP contribution < -0.4 is 4.90 Å². The number of nitrogens with zero attached hydrogens (tertiary/aromatic N) is 1. The second-order valence-electron chi connectivity index (χ2n) is 5.59. The number of benzene rings is 2. The number of halogens is 2. The minimum absolute atomic E-state index is 0.0782. The minimum Gasteiger partial charge on any atom is -0.349 e. The molecule has 0 amide bonds.